The van der Waals surface area contributed by atoms with Crippen molar-refractivity contribution in [3.63, 3.8) is 0 Å². The molecule has 0 aliphatic rings. The second kappa shape index (κ2) is 11.9. The summed E-state index contributed by atoms with van der Waals surface area (Å²) in [6.07, 6.45) is 0. The Kier molecular flexibility index (Phi) is 8.34. The fourth-order valence-corrected chi connectivity index (χ4v) is 4.51. The van der Waals surface area contributed by atoms with Gasteiger partial charge in [0.1, 0.15) is 12.3 Å². The van der Waals surface area contributed by atoms with Crippen molar-refractivity contribution in [2.75, 3.05) is 54.5 Å². The van der Waals surface area contributed by atoms with Crippen LogP contribution in [0.5, 0.6) is 28.7 Å². The summed E-state index contributed by atoms with van der Waals surface area (Å²) in [5, 5.41) is 9.93. The van der Waals surface area contributed by atoms with Crippen LogP contribution < -0.4 is 35.0 Å². The molecular formula is C29H30N2O9. The Morgan fingerprint density at radius 3 is 1.95 bits per heavy atom. The summed E-state index contributed by atoms with van der Waals surface area (Å²) in [6.45, 7) is -0.263. The molecule has 3 aromatic carbocycles. The number of carbonyl (C=O) groups excluding carboxylic acids is 1. The van der Waals surface area contributed by atoms with E-state index in [1.54, 1.807) is 42.5 Å². The minimum Gasteiger partial charge on any atom is -0.493 e. The molecule has 0 radical (unpaired) electrons. The molecule has 0 unspecified atom stereocenters. The van der Waals surface area contributed by atoms with Crippen LogP contribution in [0.4, 0.5) is 5.69 Å². The predicted molar refractivity (Wildman–Crippen MR) is 150 cm³/mol. The average Bonchev–Trinajstić information content (AvgIpc) is 2.98. The molecule has 40 heavy (non-hydrogen) atoms. The number of ether oxygens (including phenoxy) is 6. The number of carbonyl (C=O) groups is 1. The molecule has 1 heterocycles. The molecule has 0 bridgehead atoms. The van der Waals surface area contributed by atoms with E-state index < -0.39 is 11.5 Å². The molecule has 3 N–H and O–H groups in total. The third-order valence-electron chi connectivity index (χ3n) is 6.30. The molecule has 210 valence electrons. The minimum absolute atomic E-state index is 0.0201. The first-order valence-corrected chi connectivity index (χ1v) is 12.1. The van der Waals surface area contributed by atoms with E-state index in [1.807, 2.05) is 0 Å². The highest BCUT2D eigenvalue weighted by Crippen LogP contribution is 2.45. The highest BCUT2D eigenvalue weighted by molar-refractivity contribution is 6.08. The van der Waals surface area contributed by atoms with Crippen LogP contribution in [0.1, 0.15) is 10.5 Å². The van der Waals surface area contributed by atoms with Crippen LogP contribution in [0.2, 0.25) is 0 Å². The number of anilines is 1. The van der Waals surface area contributed by atoms with Gasteiger partial charge in [-0.05, 0) is 54.1 Å². The first-order valence-electron chi connectivity index (χ1n) is 12.1. The van der Waals surface area contributed by atoms with Crippen LogP contribution in [-0.2, 0) is 4.74 Å². The van der Waals surface area contributed by atoms with Crippen molar-refractivity contribution < 1.29 is 38.3 Å². The lowest BCUT2D eigenvalue weighted by Gasteiger charge is -2.21. The number of esters is 1. The van der Waals surface area contributed by atoms with Crippen molar-refractivity contribution in [2.24, 2.45) is 0 Å². The van der Waals surface area contributed by atoms with Crippen molar-refractivity contribution in [1.29, 1.82) is 0 Å². The Bertz CT molecular complexity index is 1590. The smallest absolute Gasteiger partial charge is 0.355 e. The van der Waals surface area contributed by atoms with Crippen molar-refractivity contribution in [1.82, 2.24) is 4.57 Å². The molecule has 4 aromatic rings. The molecule has 0 spiro atoms. The number of methoxy groups -OCH3 is 5. The van der Waals surface area contributed by atoms with Crippen LogP contribution in [0, 0.1) is 0 Å². The van der Waals surface area contributed by atoms with E-state index in [4.69, 9.17) is 34.2 Å². The van der Waals surface area contributed by atoms with Gasteiger partial charge in [0.25, 0.3) is 5.56 Å². The Labute approximate surface area is 230 Å². The van der Waals surface area contributed by atoms with Crippen molar-refractivity contribution in [3.05, 3.63) is 64.6 Å². The summed E-state index contributed by atoms with van der Waals surface area (Å²) >= 11 is 0. The number of pyridine rings is 1. The number of nitrogen functional groups attached to an aromatic ring is 1. The highest BCUT2D eigenvalue weighted by Gasteiger charge is 2.28. The Hall–Kier alpha value is -4.90. The molecule has 0 saturated heterocycles. The summed E-state index contributed by atoms with van der Waals surface area (Å²) in [7, 11) is 7.10. The lowest BCUT2D eigenvalue weighted by atomic mass is 9.95. The third kappa shape index (κ3) is 4.94. The average molecular weight is 551 g/mol. The second-order valence-electron chi connectivity index (χ2n) is 8.48. The van der Waals surface area contributed by atoms with Gasteiger partial charge < -0.3 is 39.3 Å². The Balaban J connectivity index is 2.27. The van der Waals surface area contributed by atoms with Gasteiger partial charge >= 0.3 is 5.97 Å². The number of hydrogen-bond donors (Lipinski definition) is 2. The molecule has 11 nitrogen and oxygen atoms in total. The number of hydrogen-bond acceptors (Lipinski definition) is 10. The summed E-state index contributed by atoms with van der Waals surface area (Å²) in [4.78, 5) is 27.6. The van der Waals surface area contributed by atoms with Gasteiger partial charge in [-0.15, -0.1) is 0 Å². The van der Waals surface area contributed by atoms with Crippen molar-refractivity contribution in [2.45, 2.75) is 0 Å². The monoisotopic (exact) mass is 550 g/mol. The zero-order valence-electron chi connectivity index (χ0n) is 22.8. The van der Waals surface area contributed by atoms with E-state index in [1.165, 1.54) is 46.2 Å². The van der Waals surface area contributed by atoms with Crippen molar-refractivity contribution in [3.8, 4) is 45.6 Å². The van der Waals surface area contributed by atoms with Crippen LogP contribution in [0.3, 0.4) is 0 Å². The largest absolute Gasteiger partial charge is 0.493 e. The molecular weight excluding hydrogens is 520 g/mol. The summed E-state index contributed by atoms with van der Waals surface area (Å²) in [5.74, 6) is 0.765. The standard InChI is InChI=1S/C29H30N2O9/c1-35-21-15-20-19(14-22(21)40-11-10-32)25(16-12-23(36-2)27(38-4)24(13-16)37-3)26(29(34)39-5)31(28(20)33)18-8-6-17(30)7-9-18/h6-9,12-15,32H,10-11,30H2,1-5H3. The minimum atomic E-state index is -0.770. The molecule has 0 saturated carbocycles. The van der Waals surface area contributed by atoms with Crippen LogP contribution >= 0.6 is 0 Å². The van der Waals surface area contributed by atoms with Gasteiger partial charge in [-0.2, -0.15) is 0 Å². The summed E-state index contributed by atoms with van der Waals surface area (Å²) < 4.78 is 34.3. The number of aromatic nitrogens is 1. The first-order chi connectivity index (χ1) is 19.3. The molecule has 0 aliphatic heterocycles. The number of nitrogens with zero attached hydrogens (tertiary/aromatic N) is 1. The second-order valence-corrected chi connectivity index (χ2v) is 8.48. The lowest BCUT2D eigenvalue weighted by molar-refractivity contribution is 0.0591. The van der Waals surface area contributed by atoms with Gasteiger partial charge in [-0.3, -0.25) is 9.36 Å². The van der Waals surface area contributed by atoms with E-state index in [0.29, 0.717) is 45.1 Å². The number of rotatable bonds is 10. The van der Waals surface area contributed by atoms with Gasteiger partial charge in [-0.25, -0.2) is 4.79 Å². The van der Waals surface area contributed by atoms with Gasteiger partial charge in [0.15, 0.2) is 23.0 Å². The quantitative estimate of drug-likeness (QED) is 0.223. The van der Waals surface area contributed by atoms with Crippen LogP contribution in [0.25, 0.3) is 27.6 Å². The fourth-order valence-electron chi connectivity index (χ4n) is 4.51. The van der Waals surface area contributed by atoms with E-state index in [2.05, 4.69) is 0 Å². The number of fused-ring (bicyclic) bond motifs is 1. The number of nitrogens with two attached hydrogens (primary N) is 1. The predicted octanol–water partition coefficient (Wildman–Crippen LogP) is 3.43. The maximum absolute atomic E-state index is 14.1. The van der Waals surface area contributed by atoms with Gasteiger partial charge in [-0.1, -0.05) is 0 Å². The maximum Gasteiger partial charge on any atom is 0.355 e. The molecule has 1 aromatic heterocycles. The molecule has 4 rings (SSSR count). The number of aliphatic hydroxyl groups is 1. The van der Waals surface area contributed by atoms with Gasteiger partial charge in [0, 0.05) is 22.3 Å². The lowest BCUT2D eigenvalue weighted by Crippen LogP contribution is -2.27. The van der Waals surface area contributed by atoms with Crippen LogP contribution in [0.15, 0.2) is 53.3 Å². The maximum atomic E-state index is 14.1. The molecule has 0 fully saturated rings. The third-order valence-corrected chi connectivity index (χ3v) is 6.30. The molecule has 11 heteroatoms. The van der Waals surface area contributed by atoms with Gasteiger partial charge in [0.05, 0.1) is 47.5 Å². The topological polar surface area (TPSA) is 141 Å². The number of benzene rings is 3. The van der Waals surface area contributed by atoms with Gasteiger partial charge in [0.2, 0.25) is 5.75 Å². The normalized spacial score (nSPS) is 10.8. The SMILES string of the molecule is COC(=O)c1c(-c2cc(OC)c(OC)c(OC)c2)c2cc(OCCO)c(OC)cc2c(=O)n1-c1ccc(N)cc1. The Morgan fingerprint density at radius 1 is 0.825 bits per heavy atom. The van der Waals surface area contributed by atoms with Crippen LogP contribution in [-0.4, -0.2) is 64.4 Å². The summed E-state index contributed by atoms with van der Waals surface area (Å²) in [6, 6.07) is 13.0. The fraction of sp³-hybridized carbons (Fsp3) is 0.241. The zero-order valence-corrected chi connectivity index (χ0v) is 22.8. The van der Waals surface area contributed by atoms with E-state index >= 15 is 0 Å². The van der Waals surface area contributed by atoms with E-state index in [9.17, 15) is 14.7 Å². The highest BCUT2D eigenvalue weighted by atomic mass is 16.5. The van der Waals surface area contributed by atoms with E-state index in [-0.39, 0.29) is 35.8 Å². The Morgan fingerprint density at radius 2 is 1.43 bits per heavy atom. The summed E-state index contributed by atoms with van der Waals surface area (Å²) in [5.41, 5.74) is 6.98. The molecule has 0 atom stereocenters. The zero-order chi connectivity index (χ0) is 29.0. The molecule has 0 aliphatic carbocycles. The van der Waals surface area contributed by atoms with E-state index in [0.717, 1.165) is 0 Å². The van der Waals surface area contributed by atoms with Crippen molar-refractivity contribution >= 4 is 22.4 Å². The molecule has 0 amide bonds. The first kappa shape index (κ1) is 28.1. The number of aliphatic hydroxyl groups excluding tert-OH is 1.